The summed E-state index contributed by atoms with van der Waals surface area (Å²) in [5.74, 6) is 1.09. The van der Waals surface area contributed by atoms with Gasteiger partial charge < -0.3 is 11.1 Å². The molecule has 5 nitrogen and oxygen atoms in total. The van der Waals surface area contributed by atoms with Crippen molar-refractivity contribution in [1.29, 1.82) is 0 Å². The molecule has 5 heteroatoms. The van der Waals surface area contributed by atoms with Gasteiger partial charge in [-0.1, -0.05) is 30.3 Å². The molecule has 0 saturated heterocycles. The normalized spacial score (nSPS) is 21.1. The van der Waals surface area contributed by atoms with Crippen LogP contribution in [0.3, 0.4) is 0 Å². The molecule has 1 aliphatic heterocycles. The van der Waals surface area contributed by atoms with E-state index in [4.69, 9.17) is 5.73 Å². The maximum atomic E-state index is 5.79. The largest absolute Gasteiger partial charge is 0.366 e. The summed E-state index contributed by atoms with van der Waals surface area (Å²) in [4.78, 5) is 4.30. The van der Waals surface area contributed by atoms with Gasteiger partial charge in [-0.25, -0.2) is 4.68 Å². The number of fused-ring (bicyclic) bond motifs is 1. The predicted molar refractivity (Wildman–Crippen MR) is 78.1 cm³/mol. The Kier molecular flexibility index (Phi) is 2.52. The molecule has 102 valence electrons. The Balaban J connectivity index is 1.89. The number of rotatable bonds is 1. The highest BCUT2D eigenvalue weighted by Gasteiger charge is 2.32. The number of nitrogens with zero attached hydrogens (tertiary/aromatic N) is 3. The number of aromatic nitrogens is 3. The molecule has 0 bridgehead atoms. The van der Waals surface area contributed by atoms with E-state index in [0.29, 0.717) is 5.95 Å². The molecule has 0 spiro atoms. The second kappa shape index (κ2) is 4.37. The van der Waals surface area contributed by atoms with Gasteiger partial charge in [0.05, 0.1) is 0 Å². The molecule has 1 unspecified atom stereocenters. The molecule has 20 heavy (non-hydrogen) atoms. The van der Waals surface area contributed by atoms with E-state index in [9.17, 15) is 0 Å². The lowest BCUT2D eigenvalue weighted by Crippen LogP contribution is -2.27. The van der Waals surface area contributed by atoms with Crippen LogP contribution >= 0.6 is 0 Å². The van der Waals surface area contributed by atoms with Crippen LogP contribution in [-0.4, -0.2) is 14.8 Å². The average Bonchev–Trinajstić information content (AvgIpc) is 2.85. The fraction of sp³-hybridized carbons (Fsp3) is 0.333. The van der Waals surface area contributed by atoms with Gasteiger partial charge in [0, 0.05) is 5.70 Å². The Labute approximate surface area is 117 Å². The fourth-order valence-corrected chi connectivity index (χ4v) is 3.24. The summed E-state index contributed by atoms with van der Waals surface area (Å²) in [7, 11) is 0. The van der Waals surface area contributed by atoms with Crippen LogP contribution in [0.4, 0.5) is 11.9 Å². The standard InChI is InChI=1S/C15H17N5/c16-14-18-15-17-12-9-5-4-8-11(12)13(20(15)19-14)10-6-2-1-3-7-10/h1-3,6-7,13H,4-5,8-9H2,(H3,16,17,18,19). The van der Waals surface area contributed by atoms with Crippen LogP contribution < -0.4 is 11.1 Å². The van der Waals surface area contributed by atoms with Gasteiger partial charge in [-0.3, -0.25) is 0 Å². The number of nitrogens with two attached hydrogens (primary N) is 1. The van der Waals surface area contributed by atoms with E-state index < -0.39 is 0 Å². The minimum Gasteiger partial charge on any atom is -0.366 e. The monoisotopic (exact) mass is 267 g/mol. The second-order valence-corrected chi connectivity index (χ2v) is 5.39. The molecule has 0 fully saturated rings. The van der Waals surface area contributed by atoms with Crippen molar-refractivity contribution in [2.45, 2.75) is 31.7 Å². The molecular weight excluding hydrogens is 250 g/mol. The van der Waals surface area contributed by atoms with E-state index in [0.717, 1.165) is 18.8 Å². The lowest BCUT2D eigenvalue weighted by molar-refractivity contribution is 0.518. The SMILES string of the molecule is Nc1nc2n(n1)C(c1ccccc1)C1=C(CCCC1)N2. The minimum atomic E-state index is 0.132. The second-order valence-electron chi connectivity index (χ2n) is 5.39. The Bertz CT molecular complexity index is 671. The third-order valence-corrected chi connectivity index (χ3v) is 4.11. The molecule has 0 saturated carbocycles. The first-order valence-electron chi connectivity index (χ1n) is 7.09. The van der Waals surface area contributed by atoms with Gasteiger partial charge in [0.2, 0.25) is 11.9 Å². The average molecular weight is 267 g/mol. The quantitative estimate of drug-likeness (QED) is 0.833. The number of allylic oxidation sites excluding steroid dienone is 2. The van der Waals surface area contributed by atoms with Gasteiger partial charge in [-0.15, -0.1) is 5.10 Å². The molecule has 1 aliphatic carbocycles. The van der Waals surface area contributed by atoms with Crippen LogP contribution in [0.2, 0.25) is 0 Å². The summed E-state index contributed by atoms with van der Waals surface area (Å²) >= 11 is 0. The molecular formula is C15H17N5. The highest BCUT2D eigenvalue weighted by atomic mass is 15.4. The molecule has 4 rings (SSSR count). The first-order chi connectivity index (χ1) is 9.83. The zero-order valence-corrected chi connectivity index (χ0v) is 11.2. The molecule has 1 aromatic carbocycles. The smallest absolute Gasteiger partial charge is 0.241 e. The van der Waals surface area contributed by atoms with Crippen LogP contribution in [0.15, 0.2) is 41.6 Å². The van der Waals surface area contributed by atoms with Crippen molar-refractivity contribution in [2.24, 2.45) is 0 Å². The summed E-state index contributed by atoms with van der Waals surface area (Å²) in [5, 5.41) is 7.80. The number of benzene rings is 1. The first-order valence-corrected chi connectivity index (χ1v) is 7.09. The first kappa shape index (κ1) is 11.5. The topological polar surface area (TPSA) is 68.8 Å². The number of anilines is 2. The van der Waals surface area contributed by atoms with E-state index in [1.165, 1.54) is 29.7 Å². The molecule has 1 aromatic heterocycles. The summed E-state index contributed by atoms with van der Waals surface area (Å²) in [6.07, 6.45) is 4.67. The maximum Gasteiger partial charge on any atom is 0.241 e. The molecule has 1 atom stereocenters. The summed E-state index contributed by atoms with van der Waals surface area (Å²) in [6.45, 7) is 0. The highest BCUT2D eigenvalue weighted by Crippen LogP contribution is 2.41. The molecule has 2 aliphatic rings. The number of nitrogens with one attached hydrogen (secondary N) is 1. The number of nitrogen functional groups attached to an aromatic ring is 1. The molecule has 0 radical (unpaired) electrons. The minimum absolute atomic E-state index is 0.132. The van der Waals surface area contributed by atoms with Crippen LogP contribution in [0.1, 0.15) is 37.3 Å². The van der Waals surface area contributed by atoms with E-state index in [-0.39, 0.29) is 6.04 Å². The van der Waals surface area contributed by atoms with Crippen molar-refractivity contribution in [2.75, 3.05) is 11.1 Å². The Morgan fingerprint density at radius 1 is 1.15 bits per heavy atom. The molecule has 2 aromatic rings. The lowest BCUT2D eigenvalue weighted by atomic mass is 9.86. The van der Waals surface area contributed by atoms with E-state index in [1.807, 2.05) is 10.7 Å². The van der Waals surface area contributed by atoms with Crippen molar-refractivity contribution in [1.82, 2.24) is 14.8 Å². The van der Waals surface area contributed by atoms with Crippen molar-refractivity contribution in [3.8, 4) is 0 Å². The van der Waals surface area contributed by atoms with Gasteiger partial charge in [0.15, 0.2) is 0 Å². The number of hydrogen-bond acceptors (Lipinski definition) is 4. The van der Waals surface area contributed by atoms with Crippen LogP contribution in [-0.2, 0) is 0 Å². The zero-order valence-electron chi connectivity index (χ0n) is 11.2. The highest BCUT2D eigenvalue weighted by molar-refractivity contribution is 5.50. The van der Waals surface area contributed by atoms with Crippen molar-refractivity contribution >= 4 is 11.9 Å². The third kappa shape index (κ3) is 1.70. The number of hydrogen-bond donors (Lipinski definition) is 2. The maximum absolute atomic E-state index is 5.79. The Morgan fingerprint density at radius 2 is 1.95 bits per heavy atom. The summed E-state index contributed by atoms with van der Waals surface area (Å²) < 4.78 is 1.93. The van der Waals surface area contributed by atoms with Gasteiger partial charge in [0.1, 0.15) is 6.04 Å². The van der Waals surface area contributed by atoms with E-state index >= 15 is 0 Å². The predicted octanol–water partition coefficient (Wildman–Crippen LogP) is 2.70. The van der Waals surface area contributed by atoms with Gasteiger partial charge in [-0.2, -0.15) is 4.98 Å². The van der Waals surface area contributed by atoms with Gasteiger partial charge in [0.25, 0.3) is 0 Å². The van der Waals surface area contributed by atoms with E-state index in [2.05, 4.69) is 39.7 Å². The Morgan fingerprint density at radius 3 is 2.80 bits per heavy atom. The van der Waals surface area contributed by atoms with Crippen LogP contribution in [0.25, 0.3) is 0 Å². The van der Waals surface area contributed by atoms with Crippen molar-refractivity contribution in [3.63, 3.8) is 0 Å². The van der Waals surface area contributed by atoms with Crippen molar-refractivity contribution in [3.05, 3.63) is 47.2 Å². The van der Waals surface area contributed by atoms with E-state index in [1.54, 1.807) is 0 Å². The van der Waals surface area contributed by atoms with Gasteiger partial charge >= 0.3 is 0 Å². The van der Waals surface area contributed by atoms with Gasteiger partial charge in [-0.05, 0) is 36.8 Å². The summed E-state index contributed by atoms with van der Waals surface area (Å²) in [5.41, 5.74) is 9.77. The molecule has 3 N–H and O–H groups in total. The zero-order chi connectivity index (χ0) is 13.5. The van der Waals surface area contributed by atoms with Crippen LogP contribution in [0.5, 0.6) is 0 Å². The Hall–Kier alpha value is -2.30. The lowest BCUT2D eigenvalue weighted by Gasteiger charge is -2.33. The fourth-order valence-electron chi connectivity index (χ4n) is 3.24. The molecule has 2 heterocycles. The third-order valence-electron chi connectivity index (χ3n) is 4.11. The van der Waals surface area contributed by atoms with Crippen LogP contribution in [0, 0.1) is 0 Å². The summed E-state index contributed by atoms with van der Waals surface area (Å²) in [6, 6.07) is 10.6. The molecule has 0 amide bonds. The van der Waals surface area contributed by atoms with Crippen molar-refractivity contribution < 1.29 is 0 Å².